The Morgan fingerprint density at radius 2 is 2.25 bits per heavy atom. The van der Waals surface area contributed by atoms with E-state index in [1.165, 1.54) is 19.3 Å². The lowest BCUT2D eigenvalue weighted by molar-refractivity contribution is 0.592. The van der Waals surface area contributed by atoms with Gasteiger partial charge in [0, 0.05) is 6.54 Å². The lowest BCUT2D eigenvalue weighted by Crippen LogP contribution is -2.41. The highest BCUT2D eigenvalue weighted by Crippen LogP contribution is 2.27. The van der Waals surface area contributed by atoms with Crippen LogP contribution < -0.4 is 10.6 Å². The van der Waals surface area contributed by atoms with Crippen molar-refractivity contribution >= 4 is 33.2 Å². The Balaban J connectivity index is 2.23. The Morgan fingerprint density at radius 1 is 1.44 bits per heavy atom. The predicted molar refractivity (Wildman–Crippen MR) is 70.7 cm³/mol. The highest BCUT2D eigenvalue weighted by Gasteiger charge is 2.18. The van der Waals surface area contributed by atoms with E-state index in [4.69, 9.17) is 17.3 Å². The number of hydrogen-bond acceptors (Lipinski definition) is 3. The lowest BCUT2D eigenvalue weighted by atomic mass is 10.2. The van der Waals surface area contributed by atoms with Gasteiger partial charge in [0.05, 0.1) is 22.5 Å². The topological polar surface area (TPSA) is 42.1 Å². The van der Waals surface area contributed by atoms with Crippen molar-refractivity contribution in [1.82, 2.24) is 4.98 Å². The van der Waals surface area contributed by atoms with Crippen LogP contribution in [0.5, 0.6) is 0 Å². The van der Waals surface area contributed by atoms with Gasteiger partial charge < -0.3 is 10.6 Å². The van der Waals surface area contributed by atoms with Crippen LogP contribution in [-0.4, -0.2) is 17.7 Å². The maximum absolute atomic E-state index is 6.15. The fraction of sp³-hybridized carbons (Fsp3) is 0.545. The largest absolute Gasteiger partial charge is 0.355 e. The van der Waals surface area contributed by atoms with Crippen LogP contribution in [0.2, 0.25) is 5.15 Å². The zero-order valence-corrected chi connectivity index (χ0v) is 11.3. The summed E-state index contributed by atoms with van der Waals surface area (Å²) in [6.07, 6.45) is 6.58. The highest BCUT2D eigenvalue weighted by atomic mass is 79.9. The van der Waals surface area contributed by atoms with Crippen LogP contribution in [0.1, 0.15) is 25.7 Å². The molecule has 2 N–H and O–H groups in total. The molecule has 1 aromatic heterocycles. The number of pyridine rings is 1. The van der Waals surface area contributed by atoms with E-state index in [0.29, 0.717) is 5.15 Å². The summed E-state index contributed by atoms with van der Waals surface area (Å²) >= 11 is 9.27. The number of aromatic nitrogens is 1. The first kappa shape index (κ1) is 12.1. The molecular formula is C11H15BrClN3. The minimum atomic E-state index is 0.0948. The summed E-state index contributed by atoms with van der Waals surface area (Å²) in [6, 6.07) is 1.99. The molecule has 3 nitrogen and oxygen atoms in total. The maximum atomic E-state index is 6.15. The molecule has 0 aliphatic carbocycles. The Morgan fingerprint density at radius 3 is 3.00 bits per heavy atom. The van der Waals surface area contributed by atoms with Gasteiger partial charge in [-0.05, 0) is 41.3 Å². The van der Waals surface area contributed by atoms with E-state index < -0.39 is 0 Å². The molecule has 0 aromatic carbocycles. The van der Waals surface area contributed by atoms with E-state index in [1.54, 1.807) is 6.20 Å². The van der Waals surface area contributed by atoms with Crippen LogP contribution in [0.4, 0.5) is 5.69 Å². The van der Waals surface area contributed by atoms with Crippen LogP contribution in [0, 0.1) is 0 Å². The fourth-order valence-electron chi connectivity index (χ4n) is 2.02. The van der Waals surface area contributed by atoms with Gasteiger partial charge in [-0.2, -0.15) is 0 Å². The summed E-state index contributed by atoms with van der Waals surface area (Å²) in [5.41, 5.74) is 7.20. The van der Waals surface area contributed by atoms with E-state index in [2.05, 4.69) is 25.8 Å². The van der Waals surface area contributed by atoms with Gasteiger partial charge in [-0.15, -0.1) is 0 Å². The van der Waals surface area contributed by atoms with Crippen molar-refractivity contribution in [2.24, 2.45) is 5.73 Å². The first-order valence-electron chi connectivity index (χ1n) is 5.52. The number of nitrogens with zero attached hydrogens (tertiary/aromatic N) is 2. The average molecular weight is 305 g/mol. The number of rotatable bonds is 1. The second-order valence-electron chi connectivity index (χ2n) is 4.08. The molecule has 2 rings (SSSR count). The molecule has 1 saturated heterocycles. The zero-order chi connectivity index (χ0) is 11.5. The van der Waals surface area contributed by atoms with Crippen molar-refractivity contribution in [2.45, 2.75) is 31.8 Å². The van der Waals surface area contributed by atoms with Gasteiger partial charge in [0.1, 0.15) is 5.15 Å². The van der Waals surface area contributed by atoms with Crippen molar-refractivity contribution in [2.75, 3.05) is 11.4 Å². The van der Waals surface area contributed by atoms with Crippen molar-refractivity contribution in [3.63, 3.8) is 0 Å². The van der Waals surface area contributed by atoms with Crippen LogP contribution >= 0.6 is 27.5 Å². The zero-order valence-electron chi connectivity index (χ0n) is 9.00. The van der Waals surface area contributed by atoms with Crippen molar-refractivity contribution in [3.05, 3.63) is 21.9 Å². The van der Waals surface area contributed by atoms with E-state index in [9.17, 15) is 0 Å². The summed E-state index contributed by atoms with van der Waals surface area (Å²) in [7, 11) is 0. The van der Waals surface area contributed by atoms with Crippen LogP contribution in [0.3, 0.4) is 0 Å². The van der Waals surface area contributed by atoms with Gasteiger partial charge in [-0.3, -0.25) is 0 Å². The minimum Gasteiger partial charge on any atom is -0.355 e. The molecule has 1 aliphatic heterocycles. The van der Waals surface area contributed by atoms with Gasteiger partial charge >= 0.3 is 0 Å². The average Bonchev–Trinajstić information content (AvgIpc) is 2.47. The second kappa shape index (κ2) is 5.34. The third-order valence-electron chi connectivity index (χ3n) is 2.91. The number of hydrogen-bond donors (Lipinski definition) is 1. The Kier molecular flexibility index (Phi) is 4.05. The van der Waals surface area contributed by atoms with Gasteiger partial charge in [-0.25, -0.2) is 4.98 Å². The molecule has 88 valence electrons. The van der Waals surface area contributed by atoms with Crippen LogP contribution in [-0.2, 0) is 0 Å². The standard InChI is InChI=1S/C11H15BrClN3/c12-9-6-8(7-15-11(9)13)16-5-3-1-2-4-10(16)14/h6-7,10H,1-5,14H2. The highest BCUT2D eigenvalue weighted by molar-refractivity contribution is 9.10. The molecule has 0 radical (unpaired) electrons. The van der Waals surface area contributed by atoms with E-state index in [0.717, 1.165) is 23.1 Å². The number of nitrogens with two attached hydrogens (primary N) is 1. The van der Waals surface area contributed by atoms with E-state index in [1.807, 2.05) is 6.07 Å². The monoisotopic (exact) mass is 303 g/mol. The normalized spacial score (nSPS) is 21.9. The first-order valence-corrected chi connectivity index (χ1v) is 6.69. The van der Waals surface area contributed by atoms with Crippen LogP contribution in [0.25, 0.3) is 0 Å². The summed E-state index contributed by atoms with van der Waals surface area (Å²) in [5, 5.41) is 0.493. The molecule has 0 spiro atoms. The summed E-state index contributed by atoms with van der Waals surface area (Å²) < 4.78 is 0.822. The van der Waals surface area contributed by atoms with Gasteiger partial charge in [-0.1, -0.05) is 18.0 Å². The molecular weight excluding hydrogens is 289 g/mol. The summed E-state index contributed by atoms with van der Waals surface area (Å²) in [6.45, 7) is 0.997. The molecule has 5 heteroatoms. The molecule has 0 saturated carbocycles. The summed E-state index contributed by atoms with van der Waals surface area (Å²) in [5.74, 6) is 0. The van der Waals surface area contributed by atoms with Gasteiger partial charge in [0.25, 0.3) is 0 Å². The molecule has 1 aliphatic rings. The van der Waals surface area contributed by atoms with Gasteiger partial charge in [0.15, 0.2) is 0 Å². The number of anilines is 1. The lowest BCUT2D eigenvalue weighted by Gasteiger charge is -2.28. The second-order valence-corrected chi connectivity index (χ2v) is 5.29. The Labute approximate surface area is 109 Å². The fourth-order valence-corrected chi connectivity index (χ4v) is 2.46. The third kappa shape index (κ3) is 2.67. The Bertz CT molecular complexity index is 372. The van der Waals surface area contributed by atoms with Crippen molar-refractivity contribution in [1.29, 1.82) is 0 Å². The summed E-state index contributed by atoms with van der Waals surface area (Å²) in [4.78, 5) is 6.35. The van der Waals surface area contributed by atoms with Crippen LogP contribution in [0.15, 0.2) is 16.7 Å². The third-order valence-corrected chi connectivity index (χ3v) is 4.05. The Hall–Kier alpha value is -0.320. The molecule has 0 amide bonds. The first-order chi connectivity index (χ1) is 7.68. The van der Waals surface area contributed by atoms with Crippen molar-refractivity contribution in [3.8, 4) is 0 Å². The van der Waals surface area contributed by atoms with Crippen molar-refractivity contribution < 1.29 is 0 Å². The maximum Gasteiger partial charge on any atom is 0.143 e. The SMILES string of the molecule is NC1CCCCCN1c1cnc(Cl)c(Br)c1. The van der Waals surface area contributed by atoms with E-state index in [-0.39, 0.29) is 6.17 Å². The molecule has 2 heterocycles. The molecule has 1 aromatic rings. The number of halogens is 2. The van der Waals surface area contributed by atoms with E-state index >= 15 is 0 Å². The minimum absolute atomic E-state index is 0.0948. The molecule has 0 bridgehead atoms. The molecule has 16 heavy (non-hydrogen) atoms. The quantitative estimate of drug-likeness (QED) is 0.810. The smallest absolute Gasteiger partial charge is 0.143 e. The van der Waals surface area contributed by atoms with Gasteiger partial charge in [0.2, 0.25) is 0 Å². The molecule has 1 atom stereocenters. The molecule has 1 fully saturated rings. The predicted octanol–water partition coefficient (Wildman–Crippen LogP) is 3.16. The molecule has 1 unspecified atom stereocenters.